The fourth-order valence-corrected chi connectivity index (χ4v) is 9.28. The van der Waals surface area contributed by atoms with Crippen molar-refractivity contribution in [1.29, 1.82) is 0 Å². The molecule has 2 aromatic rings. The number of aromatic nitrogens is 1. The predicted octanol–water partition coefficient (Wildman–Crippen LogP) is 4.56. The van der Waals surface area contributed by atoms with Gasteiger partial charge in [0, 0.05) is 44.7 Å². The fraction of sp³-hybridized carbons (Fsp3) is 0.690. The molecule has 0 spiro atoms. The second-order valence-corrected chi connectivity index (χ2v) is 13.1. The van der Waals surface area contributed by atoms with Crippen LogP contribution in [0.5, 0.6) is 0 Å². The van der Waals surface area contributed by atoms with Crippen molar-refractivity contribution < 1.29 is 9.59 Å². The van der Waals surface area contributed by atoms with Crippen LogP contribution >= 0.6 is 11.5 Å². The largest absolute Gasteiger partial charge is 0.353 e. The Morgan fingerprint density at radius 3 is 2.25 bits per heavy atom. The van der Waals surface area contributed by atoms with Crippen LogP contribution in [0.25, 0.3) is 10.1 Å². The first-order chi connectivity index (χ1) is 17.6. The number of anilines is 1. The van der Waals surface area contributed by atoms with E-state index in [4.69, 9.17) is 4.37 Å². The molecule has 7 heteroatoms. The maximum atomic E-state index is 13.3. The van der Waals surface area contributed by atoms with Crippen molar-refractivity contribution in [2.24, 2.45) is 35.5 Å². The number of piperazine rings is 1. The van der Waals surface area contributed by atoms with Crippen molar-refractivity contribution in [1.82, 2.24) is 14.2 Å². The lowest BCUT2D eigenvalue weighted by Gasteiger charge is -2.40. The molecule has 3 aliphatic carbocycles. The molecule has 6 nitrogen and oxygen atoms in total. The minimum Gasteiger partial charge on any atom is -0.353 e. The van der Waals surface area contributed by atoms with E-state index >= 15 is 0 Å². The number of carbonyl (C=O) groups excluding carboxylic acids is 2. The summed E-state index contributed by atoms with van der Waals surface area (Å²) in [4.78, 5) is 33.4. The molecule has 0 unspecified atom stereocenters. The highest BCUT2D eigenvalue weighted by Gasteiger charge is 2.61. The van der Waals surface area contributed by atoms with E-state index in [9.17, 15) is 9.59 Å². The van der Waals surface area contributed by atoms with E-state index in [1.807, 2.05) is 0 Å². The van der Waals surface area contributed by atoms with Gasteiger partial charge < -0.3 is 4.90 Å². The molecule has 7 rings (SSSR count). The Morgan fingerprint density at radius 2 is 1.56 bits per heavy atom. The highest BCUT2D eigenvalue weighted by atomic mass is 32.1. The van der Waals surface area contributed by atoms with Gasteiger partial charge in [-0.25, -0.2) is 0 Å². The third kappa shape index (κ3) is 3.80. The molecule has 6 atom stereocenters. The first-order valence-corrected chi connectivity index (χ1v) is 15.0. The SMILES string of the molecule is Cc1ccc2c(N3CCN(C[C@@H]4CCCC[C@H]4CN4C(=O)[C@@H]5[C@H]6CC[C@H](C6)[C@@H]5C4=O)CC3)nsc2c1. The summed E-state index contributed by atoms with van der Waals surface area (Å²) in [6, 6.07) is 6.65. The zero-order valence-electron chi connectivity index (χ0n) is 21.4. The summed E-state index contributed by atoms with van der Waals surface area (Å²) in [5, 5.41) is 1.28. The van der Waals surface area contributed by atoms with Gasteiger partial charge in [0.25, 0.3) is 0 Å². The third-order valence-corrected chi connectivity index (χ3v) is 11.1. The number of hydrogen-bond acceptors (Lipinski definition) is 6. The molecule has 2 saturated heterocycles. The van der Waals surface area contributed by atoms with Crippen molar-refractivity contribution in [2.75, 3.05) is 44.2 Å². The van der Waals surface area contributed by atoms with E-state index in [2.05, 4.69) is 34.9 Å². The minimum absolute atomic E-state index is 0.0251. The van der Waals surface area contributed by atoms with Crippen LogP contribution in [-0.2, 0) is 9.59 Å². The van der Waals surface area contributed by atoms with E-state index < -0.39 is 0 Å². The van der Waals surface area contributed by atoms with Crippen LogP contribution in [0.2, 0.25) is 0 Å². The maximum Gasteiger partial charge on any atom is 0.233 e. The first-order valence-electron chi connectivity index (χ1n) is 14.3. The monoisotopic (exact) mass is 506 g/mol. The summed E-state index contributed by atoms with van der Waals surface area (Å²) in [6.45, 7) is 8.06. The molecule has 0 radical (unpaired) electrons. The number of likely N-dealkylation sites (tertiary alicyclic amines) is 1. The van der Waals surface area contributed by atoms with Crippen LogP contribution in [0.15, 0.2) is 18.2 Å². The average molecular weight is 507 g/mol. The highest BCUT2D eigenvalue weighted by Crippen LogP contribution is 2.56. The zero-order valence-corrected chi connectivity index (χ0v) is 22.2. The van der Waals surface area contributed by atoms with Crippen LogP contribution in [-0.4, -0.2) is 65.3 Å². The number of nitrogens with zero attached hydrogens (tertiary/aromatic N) is 4. The lowest BCUT2D eigenvalue weighted by Crippen LogP contribution is -2.49. The van der Waals surface area contributed by atoms with Crippen LogP contribution in [0.3, 0.4) is 0 Å². The van der Waals surface area contributed by atoms with E-state index in [1.54, 1.807) is 16.4 Å². The van der Waals surface area contributed by atoms with Gasteiger partial charge in [0.1, 0.15) is 5.82 Å². The maximum absolute atomic E-state index is 13.3. The van der Waals surface area contributed by atoms with Crippen molar-refractivity contribution in [3.63, 3.8) is 0 Å². The lowest BCUT2D eigenvalue weighted by atomic mass is 9.78. The Morgan fingerprint density at radius 1 is 0.889 bits per heavy atom. The smallest absolute Gasteiger partial charge is 0.233 e. The standard InChI is InChI=1S/C29H38N4O2S/c1-18-6-9-23-24(14-18)36-30-27(23)32-12-10-31(11-13-32)16-21-4-2-3-5-22(21)17-33-28(34)25-19-7-8-20(15-19)26(25)29(33)35/h6,9,14,19-22,25-26H,2-5,7-8,10-13,15-17H2,1H3/t19-,20+,21-,22-,25+,26-/m0/s1. The quantitative estimate of drug-likeness (QED) is 0.557. The first kappa shape index (κ1) is 23.2. The molecule has 2 bridgehead atoms. The molecule has 1 aromatic heterocycles. The summed E-state index contributed by atoms with van der Waals surface area (Å²) < 4.78 is 6.08. The molecule has 2 aliphatic heterocycles. The van der Waals surface area contributed by atoms with Gasteiger partial charge in [0.2, 0.25) is 11.8 Å². The molecule has 192 valence electrons. The Hall–Kier alpha value is -1.99. The van der Waals surface area contributed by atoms with Gasteiger partial charge in [-0.05, 0) is 91.9 Å². The van der Waals surface area contributed by atoms with E-state index in [-0.39, 0.29) is 23.7 Å². The van der Waals surface area contributed by atoms with Gasteiger partial charge >= 0.3 is 0 Å². The summed E-state index contributed by atoms with van der Waals surface area (Å²) >= 11 is 1.61. The van der Waals surface area contributed by atoms with Crippen LogP contribution in [0.4, 0.5) is 5.82 Å². The Labute approximate surface area is 218 Å². The summed E-state index contributed by atoms with van der Waals surface area (Å²) in [5.41, 5.74) is 1.29. The van der Waals surface area contributed by atoms with E-state index in [1.165, 1.54) is 34.9 Å². The van der Waals surface area contributed by atoms with Gasteiger partial charge in [-0.3, -0.25) is 19.4 Å². The van der Waals surface area contributed by atoms with Gasteiger partial charge in [-0.15, -0.1) is 0 Å². The molecule has 5 fully saturated rings. The van der Waals surface area contributed by atoms with Crippen molar-refractivity contribution in [3.8, 4) is 0 Å². The number of rotatable bonds is 5. The van der Waals surface area contributed by atoms with Crippen molar-refractivity contribution in [2.45, 2.75) is 51.9 Å². The number of aryl methyl sites for hydroxylation is 1. The van der Waals surface area contributed by atoms with E-state index in [0.29, 0.717) is 30.2 Å². The topological polar surface area (TPSA) is 56.8 Å². The molecule has 0 N–H and O–H groups in total. The van der Waals surface area contributed by atoms with Crippen LogP contribution in [0.1, 0.15) is 50.5 Å². The Bertz CT molecular complexity index is 1140. The lowest BCUT2D eigenvalue weighted by molar-refractivity contribution is -0.142. The fourth-order valence-electron chi connectivity index (χ4n) is 8.38. The zero-order chi connectivity index (χ0) is 24.4. The van der Waals surface area contributed by atoms with Crippen molar-refractivity contribution in [3.05, 3.63) is 23.8 Å². The normalized spacial score (nSPS) is 34.8. The van der Waals surface area contributed by atoms with Gasteiger partial charge in [-0.1, -0.05) is 18.9 Å². The molecule has 5 aliphatic rings. The van der Waals surface area contributed by atoms with Gasteiger partial charge in [0.05, 0.1) is 16.5 Å². The van der Waals surface area contributed by atoms with Gasteiger partial charge in [-0.2, -0.15) is 4.37 Å². The molecule has 36 heavy (non-hydrogen) atoms. The second kappa shape index (κ2) is 9.09. The number of fused-ring (bicyclic) bond motifs is 6. The molecule has 2 amide bonds. The van der Waals surface area contributed by atoms with Crippen LogP contribution < -0.4 is 4.90 Å². The summed E-state index contributed by atoms with van der Waals surface area (Å²) in [5.74, 6) is 3.59. The minimum atomic E-state index is 0.0251. The Balaban J connectivity index is 0.984. The Kier molecular flexibility index (Phi) is 5.84. The molecular weight excluding hydrogens is 468 g/mol. The number of hydrogen-bond donors (Lipinski definition) is 0. The van der Waals surface area contributed by atoms with Gasteiger partial charge in [0.15, 0.2) is 0 Å². The van der Waals surface area contributed by atoms with E-state index in [0.717, 1.165) is 64.2 Å². The number of benzene rings is 1. The predicted molar refractivity (Wildman–Crippen MR) is 143 cm³/mol. The molecule has 3 saturated carbocycles. The average Bonchev–Trinajstić information content (AvgIpc) is 3.66. The summed E-state index contributed by atoms with van der Waals surface area (Å²) in [6.07, 6.45) is 8.35. The van der Waals surface area contributed by atoms with Crippen LogP contribution in [0, 0.1) is 42.4 Å². The summed E-state index contributed by atoms with van der Waals surface area (Å²) in [7, 11) is 0. The number of carbonyl (C=O) groups is 2. The molecular formula is C29H38N4O2S. The van der Waals surface area contributed by atoms with Crippen molar-refractivity contribution >= 4 is 39.3 Å². The third-order valence-electron chi connectivity index (χ3n) is 10.3. The number of imide groups is 1. The highest BCUT2D eigenvalue weighted by molar-refractivity contribution is 7.13. The second-order valence-electron chi connectivity index (χ2n) is 12.3. The molecule has 3 heterocycles. The number of amides is 2. The molecule has 1 aromatic carbocycles.